The maximum atomic E-state index is 13.2. The van der Waals surface area contributed by atoms with Crippen LogP contribution in [0.5, 0.6) is 0 Å². The minimum Gasteiger partial charge on any atom is -0.472 e. The number of benzene rings is 1. The Kier molecular flexibility index (Phi) is 3.40. The minimum atomic E-state index is -4.68. The average molecular weight is 261 g/mol. The van der Waals surface area contributed by atoms with Crippen molar-refractivity contribution in [1.82, 2.24) is 0 Å². The van der Waals surface area contributed by atoms with Crippen LogP contribution in [0.15, 0.2) is 23.2 Å². The van der Waals surface area contributed by atoms with Gasteiger partial charge in [0.1, 0.15) is 18.5 Å². The lowest BCUT2D eigenvalue weighted by Crippen LogP contribution is -2.19. The van der Waals surface area contributed by atoms with Crippen molar-refractivity contribution >= 4 is 12.1 Å². The third-order valence-electron chi connectivity index (χ3n) is 2.39. The molecular formula is C11H9F4N2O. The number of hydrogen-bond donors (Lipinski definition) is 1. The Hall–Kier alpha value is -1.79. The first-order chi connectivity index (χ1) is 8.47. The van der Waals surface area contributed by atoms with E-state index in [-0.39, 0.29) is 11.7 Å². The molecule has 1 aliphatic heterocycles. The highest BCUT2D eigenvalue weighted by atomic mass is 19.4. The van der Waals surface area contributed by atoms with Crippen LogP contribution in [0.1, 0.15) is 5.56 Å². The van der Waals surface area contributed by atoms with Crippen molar-refractivity contribution in [3.05, 3.63) is 29.6 Å². The zero-order valence-electron chi connectivity index (χ0n) is 9.09. The van der Waals surface area contributed by atoms with Gasteiger partial charge in [0.2, 0.25) is 0 Å². The molecule has 0 amide bonds. The molecule has 1 radical (unpaired) electrons. The van der Waals surface area contributed by atoms with E-state index in [0.717, 1.165) is 6.07 Å². The summed E-state index contributed by atoms with van der Waals surface area (Å²) in [6, 6.07) is 2.54. The maximum Gasteiger partial charge on any atom is 0.419 e. The summed E-state index contributed by atoms with van der Waals surface area (Å²) in [7, 11) is 0. The Balaban J connectivity index is 2.02. The first-order valence-electron chi connectivity index (χ1n) is 5.14. The zero-order valence-corrected chi connectivity index (χ0v) is 9.09. The molecule has 0 aromatic heterocycles. The average Bonchev–Trinajstić information content (AvgIpc) is 2.77. The smallest absolute Gasteiger partial charge is 0.419 e. The SMILES string of the molecule is Fc1cc(NCC2CO[C]=N2)ccc1C(F)(F)F. The third kappa shape index (κ3) is 2.91. The quantitative estimate of drug-likeness (QED) is 0.848. The molecular weight excluding hydrogens is 252 g/mol. The maximum absolute atomic E-state index is 13.2. The predicted molar refractivity (Wildman–Crippen MR) is 57.1 cm³/mol. The van der Waals surface area contributed by atoms with E-state index in [0.29, 0.717) is 19.2 Å². The molecule has 1 N–H and O–H groups in total. The van der Waals surface area contributed by atoms with Crippen molar-refractivity contribution in [2.24, 2.45) is 4.99 Å². The molecule has 1 heterocycles. The number of hydrogen-bond acceptors (Lipinski definition) is 3. The van der Waals surface area contributed by atoms with Gasteiger partial charge in [-0.3, -0.25) is 0 Å². The van der Waals surface area contributed by atoms with Crippen molar-refractivity contribution < 1.29 is 22.3 Å². The number of anilines is 1. The van der Waals surface area contributed by atoms with Gasteiger partial charge in [-0.2, -0.15) is 13.2 Å². The summed E-state index contributed by atoms with van der Waals surface area (Å²) in [5.74, 6) is -1.30. The fourth-order valence-electron chi connectivity index (χ4n) is 1.48. The molecule has 1 aromatic carbocycles. The zero-order chi connectivity index (χ0) is 13.2. The van der Waals surface area contributed by atoms with Gasteiger partial charge in [-0.1, -0.05) is 0 Å². The van der Waals surface area contributed by atoms with Crippen LogP contribution in [0.25, 0.3) is 0 Å². The number of ether oxygens (including phenoxy) is 1. The number of nitrogens with one attached hydrogen (secondary N) is 1. The molecule has 1 atom stereocenters. The minimum absolute atomic E-state index is 0.157. The van der Waals surface area contributed by atoms with E-state index in [9.17, 15) is 17.6 Å². The van der Waals surface area contributed by atoms with Crippen molar-refractivity contribution in [2.75, 3.05) is 18.5 Å². The largest absolute Gasteiger partial charge is 0.472 e. The highest BCUT2D eigenvalue weighted by Gasteiger charge is 2.33. The third-order valence-corrected chi connectivity index (χ3v) is 2.39. The van der Waals surface area contributed by atoms with Gasteiger partial charge < -0.3 is 10.1 Å². The molecule has 0 spiro atoms. The Bertz CT molecular complexity index is 459. The topological polar surface area (TPSA) is 33.6 Å². The highest BCUT2D eigenvalue weighted by molar-refractivity contribution is 5.50. The van der Waals surface area contributed by atoms with Gasteiger partial charge in [0, 0.05) is 12.2 Å². The monoisotopic (exact) mass is 261 g/mol. The molecule has 1 unspecified atom stereocenters. The van der Waals surface area contributed by atoms with E-state index >= 15 is 0 Å². The Morgan fingerprint density at radius 3 is 2.78 bits per heavy atom. The lowest BCUT2D eigenvalue weighted by Gasteiger charge is -2.12. The Labute approximate surface area is 100 Å². The van der Waals surface area contributed by atoms with Crippen LogP contribution in [0, 0.1) is 5.82 Å². The van der Waals surface area contributed by atoms with Gasteiger partial charge in [0.05, 0.1) is 5.56 Å². The standard InChI is InChI=1S/C11H9F4N2O/c12-10-3-7(1-2-9(10)11(13,14)15)16-4-8-5-18-6-17-8/h1-3,8,16H,4-5H2. The van der Waals surface area contributed by atoms with Crippen molar-refractivity contribution in [1.29, 1.82) is 0 Å². The van der Waals surface area contributed by atoms with E-state index in [1.165, 1.54) is 6.07 Å². The van der Waals surface area contributed by atoms with E-state index < -0.39 is 17.6 Å². The van der Waals surface area contributed by atoms with Crippen molar-refractivity contribution in [2.45, 2.75) is 12.2 Å². The van der Waals surface area contributed by atoms with Crippen LogP contribution in [-0.4, -0.2) is 25.6 Å². The summed E-state index contributed by atoms with van der Waals surface area (Å²) in [5.41, 5.74) is -1.01. The van der Waals surface area contributed by atoms with Crippen molar-refractivity contribution in [3.8, 4) is 0 Å². The summed E-state index contributed by atoms with van der Waals surface area (Å²) < 4.78 is 54.9. The lowest BCUT2D eigenvalue weighted by molar-refractivity contribution is -0.139. The van der Waals surface area contributed by atoms with Gasteiger partial charge in [-0.05, 0) is 18.2 Å². The van der Waals surface area contributed by atoms with Gasteiger partial charge >= 0.3 is 6.18 Å². The number of aliphatic imine (C=N–C) groups is 1. The Morgan fingerprint density at radius 2 is 2.22 bits per heavy atom. The summed E-state index contributed by atoms with van der Waals surface area (Å²) in [6.45, 7) is 0.702. The number of halogens is 4. The first kappa shape index (κ1) is 12.7. The summed E-state index contributed by atoms with van der Waals surface area (Å²) in [6.07, 6.45) is -2.37. The fourth-order valence-corrected chi connectivity index (χ4v) is 1.48. The van der Waals surface area contributed by atoms with Crippen LogP contribution in [0.3, 0.4) is 0 Å². The summed E-state index contributed by atoms with van der Waals surface area (Å²) in [4.78, 5) is 3.82. The lowest BCUT2D eigenvalue weighted by atomic mass is 10.2. The van der Waals surface area contributed by atoms with Gasteiger partial charge in [0.15, 0.2) is 0 Å². The fraction of sp³-hybridized carbons (Fsp3) is 0.364. The second-order valence-electron chi connectivity index (χ2n) is 3.76. The molecule has 1 aromatic rings. The number of nitrogens with zero attached hydrogens (tertiary/aromatic N) is 1. The molecule has 2 rings (SSSR count). The summed E-state index contributed by atoms with van der Waals surface area (Å²) in [5, 5.41) is 2.78. The molecule has 0 bridgehead atoms. The summed E-state index contributed by atoms with van der Waals surface area (Å²) >= 11 is 0. The van der Waals surface area contributed by atoms with Gasteiger partial charge in [-0.15, -0.1) is 0 Å². The second-order valence-corrected chi connectivity index (χ2v) is 3.76. The van der Waals surface area contributed by atoms with E-state index in [1.807, 2.05) is 0 Å². The van der Waals surface area contributed by atoms with Crippen LogP contribution < -0.4 is 5.32 Å². The van der Waals surface area contributed by atoms with E-state index in [2.05, 4.69) is 16.7 Å². The van der Waals surface area contributed by atoms with Crippen LogP contribution in [0.2, 0.25) is 0 Å². The molecule has 1 aliphatic rings. The van der Waals surface area contributed by atoms with E-state index in [4.69, 9.17) is 4.74 Å². The predicted octanol–water partition coefficient (Wildman–Crippen LogP) is 2.56. The van der Waals surface area contributed by atoms with Gasteiger partial charge in [0.25, 0.3) is 6.40 Å². The molecule has 0 saturated carbocycles. The first-order valence-corrected chi connectivity index (χ1v) is 5.14. The molecule has 3 nitrogen and oxygen atoms in total. The number of rotatable bonds is 3. The van der Waals surface area contributed by atoms with Crippen LogP contribution in [-0.2, 0) is 10.9 Å². The second kappa shape index (κ2) is 4.83. The molecule has 0 fully saturated rings. The molecule has 0 saturated heterocycles. The van der Waals surface area contributed by atoms with Gasteiger partial charge in [-0.25, -0.2) is 9.38 Å². The molecule has 97 valence electrons. The molecule has 18 heavy (non-hydrogen) atoms. The van der Waals surface area contributed by atoms with Crippen LogP contribution in [0.4, 0.5) is 23.2 Å². The number of alkyl halides is 3. The highest BCUT2D eigenvalue weighted by Crippen LogP contribution is 2.32. The normalized spacial score (nSPS) is 18.8. The Morgan fingerprint density at radius 1 is 1.44 bits per heavy atom. The molecule has 0 aliphatic carbocycles. The van der Waals surface area contributed by atoms with E-state index in [1.54, 1.807) is 0 Å². The molecule has 7 heteroatoms. The van der Waals surface area contributed by atoms with Crippen LogP contribution >= 0.6 is 0 Å². The van der Waals surface area contributed by atoms with Crippen molar-refractivity contribution in [3.63, 3.8) is 0 Å².